The molecule has 0 spiro atoms. The summed E-state index contributed by atoms with van der Waals surface area (Å²) in [5, 5.41) is 5.90. The summed E-state index contributed by atoms with van der Waals surface area (Å²) in [6.07, 6.45) is 7.85. The predicted molar refractivity (Wildman–Crippen MR) is 150 cm³/mol. The molecule has 4 amide bonds. The van der Waals surface area contributed by atoms with Gasteiger partial charge in [-0.2, -0.15) is 0 Å². The molecule has 8 nitrogen and oxygen atoms in total. The average Bonchev–Trinajstić information content (AvgIpc) is 2.92. The van der Waals surface area contributed by atoms with E-state index in [1.54, 1.807) is 24.3 Å². The van der Waals surface area contributed by atoms with Crippen LogP contribution in [-0.2, 0) is 20.8 Å². The van der Waals surface area contributed by atoms with Gasteiger partial charge in [-0.3, -0.25) is 19.2 Å². The van der Waals surface area contributed by atoms with Crippen LogP contribution in [0.15, 0.2) is 48.5 Å². The minimum atomic E-state index is -0.190. The molecule has 0 radical (unpaired) electrons. The SMILES string of the molecule is O=C(Cc1cccc(NC(=O)C2CCN(C(=O)C3CCC3)CC2)c1)Nc1cccc(C(=O)N2CCCCC2)c1. The normalized spacial score (nSPS) is 18.3. The number of hydrogen-bond acceptors (Lipinski definition) is 4. The Balaban J connectivity index is 1.11. The topological polar surface area (TPSA) is 98.8 Å². The second-order valence-electron chi connectivity index (χ2n) is 11.1. The highest BCUT2D eigenvalue weighted by molar-refractivity contribution is 5.98. The Kier molecular flexibility index (Phi) is 8.59. The molecule has 0 unspecified atom stereocenters. The highest BCUT2D eigenvalue weighted by Crippen LogP contribution is 2.30. The van der Waals surface area contributed by atoms with E-state index in [0.29, 0.717) is 42.9 Å². The third-order valence-corrected chi connectivity index (χ3v) is 8.23. The molecule has 5 rings (SSSR count). The molecule has 2 aliphatic heterocycles. The molecule has 3 aliphatic rings. The zero-order chi connectivity index (χ0) is 27.2. The number of nitrogens with zero attached hydrogens (tertiary/aromatic N) is 2. The van der Waals surface area contributed by atoms with Crippen molar-refractivity contribution >= 4 is 35.0 Å². The van der Waals surface area contributed by atoms with Crippen LogP contribution in [0.4, 0.5) is 11.4 Å². The number of carbonyl (C=O) groups excluding carboxylic acids is 4. The average molecular weight is 531 g/mol. The van der Waals surface area contributed by atoms with Crippen LogP contribution >= 0.6 is 0 Å². The summed E-state index contributed by atoms with van der Waals surface area (Å²) in [6, 6.07) is 14.4. The Morgan fingerprint density at radius 2 is 1.38 bits per heavy atom. The molecule has 1 saturated carbocycles. The van der Waals surface area contributed by atoms with Crippen LogP contribution in [0, 0.1) is 11.8 Å². The Morgan fingerprint density at radius 3 is 2.08 bits per heavy atom. The second kappa shape index (κ2) is 12.5. The van der Waals surface area contributed by atoms with Gasteiger partial charge in [0.1, 0.15) is 0 Å². The van der Waals surface area contributed by atoms with Gasteiger partial charge in [-0.15, -0.1) is 0 Å². The first-order valence-corrected chi connectivity index (χ1v) is 14.3. The number of amides is 4. The van der Waals surface area contributed by atoms with Crippen LogP contribution in [0.1, 0.15) is 67.3 Å². The summed E-state index contributed by atoms with van der Waals surface area (Å²) in [4.78, 5) is 54.8. The van der Waals surface area contributed by atoms with Crippen LogP contribution in [0.3, 0.4) is 0 Å². The van der Waals surface area contributed by atoms with E-state index in [-0.39, 0.29) is 41.9 Å². The first-order valence-electron chi connectivity index (χ1n) is 14.3. The van der Waals surface area contributed by atoms with Crippen LogP contribution in [0.2, 0.25) is 0 Å². The van der Waals surface area contributed by atoms with Crippen molar-refractivity contribution in [3.05, 3.63) is 59.7 Å². The van der Waals surface area contributed by atoms with Gasteiger partial charge in [-0.25, -0.2) is 0 Å². The van der Waals surface area contributed by atoms with Crippen molar-refractivity contribution < 1.29 is 19.2 Å². The lowest BCUT2D eigenvalue weighted by atomic mass is 9.83. The molecule has 206 valence electrons. The monoisotopic (exact) mass is 530 g/mol. The molecule has 2 heterocycles. The summed E-state index contributed by atoms with van der Waals surface area (Å²) >= 11 is 0. The van der Waals surface area contributed by atoms with Crippen molar-refractivity contribution in [2.24, 2.45) is 11.8 Å². The Morgan fingerprint density at radius 1 is 0.692 bits per heavy atom. The fraction of sp³-hybridized carbons (Fsp3) is 0.484. The molecule has 3 fully saturated rings. The first-order chi connectivity index (χ1) is 19.0. The first kappa shape index (κ1) is 26.9. The van der Waals surface area contributed by atoms with E-state index >= 15 is 0 Å². The van der Waals surface area contributed by atoms with Gasteiger partial charge in [0.2, 0.25) is 17.7 Å². The summed E-state index contributed by atoms with van der Waals surface area (Å²) in [5.41, 5.74) is 2.62. The summed E-state index contributed by atoms with van der Waals surface area (Å²) in [5.74, 6) is 0.104. The maximum absolute atomic E-state index is 12.9. The standard InChI is InChI=1S/C31H38N4O4/c36-28(32-27-12-6-10-25(21-27)31(39)34-15-2-1-3-16-34)20-22-7-4-11-26(19-22)33-29(37)23-13-17-35(18-14-23)30(38)24-8-5-9-24/h4,6-7,10-12,19,21,23-24H,1-3,5,8-9,13-18,20H2,(H,32,36)(H,33,37). The molecule has 2 aromatic carbocycles. The van der Waals surface area contributed by atoms with Crippen molar-refractivity contribution in [2.45, 2.75) is 57.8 Å². The summed E-state index contributed by atoms with van der Waals surface area (Å²) in [7, 11) is 0. The van der Waals surface area contributed by atoms with Crippen molar-refractivity contribution in [2.75, 3.05) is 36.8 Å². The van der Waals surface area contributed by atoms with E-state index in [0.717, 1.165) is 57.2 Å². The number of anilines is 2. The molecule has 2 N–H and O–H groups in total. The fourth-order valence-electron chi connectivity index (χ4n) is 5.68. The lowest BCUT2D eigenvalue weighted by Gasteiger charge is -2.36. The largest absolute Gasteiger partial charge is 0.342 e. The molecule has 8 heteroatoms. The third kappa shape index (κ3) is 6.85. The number of hydrogen-bond donors (Lipinski definition) is 2. The van der Waals surface area contributed by atoms with E-state index in [2.05, 4.69) is 10.6 Å². The maximum atomic E-state index is 12.9. The Bertz CT molecular complexity index is 1210. The summed E-state index contributed by atoms with van der Waals surface area (Å²) < 4.78 is 0. The Labute approximate surface area is 230 Å². The predicted octanol–water partition coefficient (Wildman–Crippen LogP) is 4.47. The smallest absolute Gasteiger partial charge is 0.253 e. The quantitative estimate of drug-likeness (QED) is 0.552. The van der Waals surface area contributed by atoms with Gasteiger partial charge in [0.25, 0.3) is 5.91 Å². The molecular weight excluding hydrogens is 492 g/mol. The number of nitrogens with one attached hydrogen (secondary N) is 2. The lowest BCUT2D eigenvalue weighted by molar-refractivity contribution is -0.140. The molecule has 2 aromatic rings. The van der Waals surface area contributed by atoms with Crippen molar-refractivity contribution in [1.29, 1.82) is 0 Å². The van der Waals surface area contributed by atoms with Gasteiger partial charge in [-0.1, -0.05) is 24.6 Å². The molecule has 1 aliphatic carbocycles. The number of likely N-dealkylation sites (tertiary alicyclic amines) is 2. The van der Waals surface area contributed by atoms with Gasteiger partial charge in [0.15, 0.2) is 0 Å². The van der Waals surface area contributed by atoms with Gasteiger partial charge in [-0.05, 0) is 80.8 Å². The zero-order valence-corrected chi connectivity index (χ0v) is 22.5. The molecular formula is C31H38N4O4. The number of piperidine rings is 2. The van der Waals surface area contributed by atoms with Crippen LogP contribution in [-0.4, -0.2) is 59.6 Å². The highest BCUT2D eigenvalue weighted by atomic mass is 16.2. The van der Waals surface area contributed by atoms with E-state index in [1.807, 2.05) is 34.1 Å². The van der Waals surface area contributed by atoms with Crippen LogP contribution in [0.5, 0.6) is 0 Å². The van der Waals surface area contributed by atoms with Crippen molar-refractivity contribution in [3.63, 3.8) is 0 Å². The highest BCUT2D eigenvalue weighted by Gasteiger charge is 2.33. The third-order valence-electron chi connectivity index (χ3n) is 8.23. The van der Waals surface area contributed by atoms with E-state index in [1.165, 1.54) is 0 Å². The molecule has 2 saturated heterocycles. The van der Waals surface area contributed by atoms with Crippen molar-refractivity contribution in [1.82, 2.24) is 9.80 Å². The maximum Gasteiger partial charge on any atom is 0.253 e. The minimum absolute atomic E-state index is 0.00452. The van der Waals surface area contributed by atoms with Gasteiger partial charge >= 0.3 is 0 Å². The molecule has 0 atom stereocenters. The number of benzene rings is 2. The van der Waals surface area contributed by atoms with Crippen LogP contribution < -0.4 is 10.6 Å². The van der Waals surface area contributed by atoms with E-state index < -0.39 is 0 Å². The molecule has 0 bridgehead atoms. The van der Waals surface area contributed by atoms with Gasteiger partial charge in [0.05, 0.1) is 6.42 Å². The minimum Gasteiger partial charge on any atom is -0.342 e. The fourth-order valence-corrected chi connectivity index (χ4v) is 5.68. The van der Waals surface area contributed by atoms with E-state index in [9.17, 15) is 19.2 Å². The molecule has 39 heavy (non-hydrogen) atoms. The number of rotatable bonds is 7. The second-order valence-corrected chi connectivity index (χ2v) is 11.1. The van der Waals surface area contributed by atoms with Crippen LogP contribution in [0.25, 0.3) is 0 Å². The molecule has 0 aromatic heterocycles. The zero-order valence-electron chi connectivity index (χ0n) is 22.5. The van der Waals surface area contributed by atoms with E-state index in [4.69, 9.17) is 0 Å². The summed E-state index contributed by atoms with van der Waals surface area (Å²) in [6.45, 7) is 2.83. The Hall–Kier alpha value is -3.68. The lowest BCUT2D eigenvalue weighted by Crippen LogP contribution is -2.45. The van der Waals surface area contributed by atoms with Crippen molar-refractivity contribution in [3.8, 4) is 0 Å². The van der Waals surface area contributed by atoms with Gasteiger partial charge in [0, 0.05) is 55.0 Å². The number of carbonyl (C=O) groups is 4. The van der Waals surface area contributed by atoms with Gasteiger partial charge < -0.3 is 20.4 Å².